The van der Waals surface area contributed by atoms with Crippen molar-refractivity contribution in [3.63, 3.8) is 0 Å². The van der Waals surface area contributed by atoms with Crippen LogP contribution in [0, 0.1) is 23.7 Å². The largest absolute Gasteiger partial charge is 0.357 e. The van der Waals surface area contributed by atoms with Gasteiger partial charge < -0.3 is 11.1 Å². The second kappa shape index (κ2) is 4.17. The van der Waals surface area contributed by atoms with E-state index in [1.165, 1.54) is 32.1 Å². The Labute approximate surface area is 111 Å². The molecule has 1 aromatic heterocycles. The molecule has 1 heterocycles. The first kappa shape index (κ1) is 11.2. The molecule has 5 rings (SSSR count). The molecule has 0 atom stereocenters. The third-order valence-corrected chi connectivity index (χ3v) is 6.04. The zero-order valence-corrected chi connectivity index (χ0v) is 11.3. The number of anilines is 1. The lowest BCUT2D eigenvalue weighted by Gasteiger charge is -2.54. The van der Waals surface area contributed by atoms with E-state index < -0.39 is 0 Å². The number of nitrogens with one attached hydrogen (secondary N) is 1. The maximum atomic E-state index is 5.59. The molecule has 18 heavy (non-hydrogen) atoms. The van der Waals surface area contributed by atoms with Crippen molar-refractivity contribution >= 4 is 16.5 Å². The topological polar surface area (TPSA) is 63.8 Å². The number of hydrogen-bond donors (Lipinski definition) is 2. The highest BCUT2D eigenvalue weighted by atomic mass is 32.1. The van der Waals surface area contributed by atoms with Gasteiger partial charge in [0.05, 0.1) is 0 Å². The van der Waals surface area contributed by atoms with E-state index in [4.69, 9.17) is 5.73 Å². The number of nitrogens with zero attached hydrogens (tertiary/aromatic N) is 2. The monoisotopic (exact) mass is 264 g/mol. The number of hydrogen-bond acceptors (Lipinski definition) is 5. The van der Waals surface area contributed by atoms with Crippen molar-refractivity contribution in [1.29, 1.82) is 0 Å². The Hall–Kier alpha value is -0.680. The number of nitrogens with two attached hydrogens (primary N) is 1. The Balaban J connectivity index is 1.51. The maximum absolute atomic E-state index is 5.59. The predicted octanol–water partition coefficient (Wildman–Crippen LogP) is 2.23. The standard InChI is InChI=1S/C13H20N4S/c14-6-11-16-17-13(18-11)15-12-9-2-7-1-8(4-9)5-10(12)3-7/h7-10,12H,1-6,14H2,(H,15,17). The average molecular weight is 264 g/mol. The molecule has 98 valence electrons. The Bertz CT molecular complexity index is 416. The summed E-state index contributed by atoms with van der Waals surface area (Å²) in [5, 5.41) is 13.9. The fourth-order valence-electron chi connectivity index (χ4n) is 4.70. The zero-order chi connectivity index (χ0) is 12.1. The van der Waals surface area contributed by atoms with E-state index in [0.29, 0.717) is 12.6 Å². The van der Waals surface area contributed by atoms with E-state index in [1.807, 2.05) is 0 Å². The third kappa shape index (κ3) is 1.75. The highest BCUT2D eigenvalue weighted by molar-refractivity contribution is 7.15. The normalized spacial score (nSPS) is 41.3. The van der Waals surface area contributed by atoms with Crippen LogP contribution in [0.1, 0.15) is 37.1 Å². The van der Waals surface area contributed by atoms with Crippen LogP contribution in [-0.2, 0) is 6.54 Å². The van der Waals surface area contributed by atoms with Gasteiger partial charge in [0.2, 0.25) is 5.13 Å². The first-order chi connectivity index (χ1) is 8.81. The molecule has 0 spiro atoms. The molecule has 1 aromatic rings. The molecule has 0 amide bonds. The maximum Gasteiger partial charge on any atom is 0.205 e. The lowest BCUT2D eigenvalue weighted by atomic mass is 9.54. The summed E-state index contributed by atoms with van der Waals surface area (Å²) in [5.41, 5.74) is 5.59. The summed E-state index contributed by atoms with van der Waals surface area (Å²) < 4.78 is 0. The molecule has 0 saturated heterocycles. The summed E-state index contributed by atoms with van der Waals surface area (Å²) in [6.45, 7) is 0.501. The van der Waals surface area contributed by atoms with Crippen molar-refractivity contribution in [1.82, 2.24) is 10.2 Å². The quantitative estimate of drug-likeness (QED) is 0.879. The van der Waals surface area contributed by atoms with Crippen molar-refractivity contribution in [2.75, 3.05) is 5.32 Å². The van der Waals surface area contributed by atoms with Gasteiger partial charge >= 0.3 is 0 Å². The van der Waals surface area contributed by atoms with Gasteiger partial charge in [-0.1, -0.05) is 11.3 Å². The summed E-state index contributed by atoms with van der Waals surface area (Å²) in [5.74, 6) is 3.82. The van der Waals surface area contributed by atoms with Gasteiger partial charge in [0.1, 0.15) is 5.01 Å². The van der Waals surface area contributed by atoms with Crippen LogP contribution in [0.4, 0.5) is 5.13 Å². The molecule has 4 saturated carbocycles. The van der Waals surface area contributed by atoms with Gasteiger partial charge in [-0.3, -0.25) is 0 Å². The highest BCUT2D eigenvalue weighted by Gasteiger charge is 2.48. The van der Waals surface area contributed by atoms with Crippen LogP contribution >= 0.6 is 11.3 Å². The molecule has 0 unspecified atom stereocenters. The Morgan fingerprint density at radius 3 is 2.28 bits per heavy atom. The molecular formula is C13H20N4S. The van der Waals surface area contributed by atoms with Gasteiger partial charge in [0, 0.05) is 12.6 Å². The lowest BCUT2D eigenvalue weighted by Crippen LogP contribution is -2.51. The first-order valence-corrected chi connectivity index (χ1v) is 7.92. The molecule has 0 aromatic carbocycles. The summed E-state index contributed by atoms with van der Waals surface area (Å²) in [7, 11) is 0. The smallest absolute Gasteiger partial charge is 0.205 e. The summed E-state index contributed by atoms with van der Waals surface area (Å²) in [6.07, 6.45) is 7.26. The van der Waals surface area contributed by atoms with Crippen molar-refractivity contribution in [3.05, 3.63) is 5.01 Å². The van der Waals surface area contributed by atoms with E-state index in [1.54, 1.807) is 11.3 Å². The van der Waals surface area contributed by atoms with Crippen molar-refractivity contribution in [2.24, 2.45) is 29.4 Å². The van der Waals surface area contributed by atoms with Crippen LogP contribution in [-0.4, -0.2) is 16.2 Å². The summed E-state index contributed by atoms with van der Waals surface area (Å²) in [4.78, 5) is 0. The van der Waals surface area contributed by atoms with Crippen LogP contribution in [0.25, 0.3) is 0 Å². The molecule has 0 radical (unpaired) electrons. The lowest BCUT2D eigenvalue weighted by molar-refractivity contribution is 0.00752. The molecule has 4 nitrogen and oxygen atoms in total. The van der Waals surface area contributed by atoms with Crippen LogP contribution in [0.3, 0.4) is 0 Å². The van der Waals surface area contributed by atoms with E-state index >= 15 is 0 Å². The second-order valence-corrected chi connectivity index (χ2v) is 7.37. The Morgan fingerprint density at radius 2 is 1.72 bits per heavy atom. The van der Waals surface area contributed by atoms with Crippen LogP contribution in [0.2, 0.25) is 0 Å². The average Bonchev–Trinajstić information content (AvgIpc) is 2.80. The van der Waals surface area contributed by atoms with Gasteiger partial charge in [-0.2, -0.15) is 0 Å². The van der Waals surface area contributed by atoms with E-state index in [9.17, 15) is 0 Å². The molecule has 4 fully saturated rings. The fourth-order valence-corrected chi connectivity index (χ4v) is 5.36. The number of aromatic nitrogens is 2. The van der Waals surface area contributed by atoms with Gasteiger partial charge in [0.15, 0.2) is 0 Å². The van der Waals surface area contributed by atoms with E-state index in [2.05, 4.69) is 15.5 Å². The molecule has 3 N–H and O–H groups in total. The Kier molecular flexibility index (Phi) is 2.59. The summed E-state index contributed by atoms with van der Waals surface area (Å²) >= 11 is 1.62. The minimum absolute atomic E-state index is 0.501. The van der Waals surface area contributed by atoms with Gasteiger partial charge in [-0.15, -0.1) is 10.2 Å². The van der Waals surface area contributed by atoms with Crippen molar-refractivity contribution in [3.8, 4) is 0 Å². The third-order valence-electron chi connectivity index (χ3n) is 5.16. The van der Waals surface area contributed by atoms with E-state index in [-0.39, 0.29) is 0 Å². The fraction of sp³-hybridized carbons (Fsp3) is 0.846. The molecule has 4 aliphatic rings. The molecule has 4 bridgehead atoms. The van der Waals surface area contributed by atoms with Gasteiger partial charge in [-0.05, 0) is 55.8 Å². The molecule has 4 aliphatic carbocycles. The summed E-state index contributed by atoms with van der Waals surface area (Å²) in [6, 6.07) is 0.649. The number of rotatable bonds is 3. The van der Waals surface area contributed by atoms with Crippen LogP contribution in [0.5, 0.6) is 0 Å². The highest BCUT2D eigenvalue weighted by Crippen LogP contribution is 2.54. The SMILES string of the molecule is NCc1nnc(NC2C3CC4CC(C3)CC2C4)s1. The second-order valence-electron chi connectivity index (χ2n) is 6.31. The predicted molar refractivity (Wildman–Crippen MR) is 72.3 cm³/mol. The van der Waals surface area contributed by atoms with E-state index in [0.717, 1.165) is 33.8 Å². The molecule has 0 aliphatic heterocycles. The zero-order valence-electron chi connectivity index (χ0n) is 10.5. The van der Waals surface area contributed by atoms with Gasteiger partial charge in [-0.25, -0.2) is 0 Å². The van der Waals surface area contributed by atoms with Crippen molar-refractivity contribution < 1.29 is 0 Å². The van der Waals surface area contributed by atoms with Crippen LogP contribution in [0.15, 0.2) is 0 Å². The molecular weight excluding hydrogens is 244 g/mol. The van der Waals surface area contributed by atoms with Crippen molar-refractivity contribution in [2.45, 2.75) is 44.7 Å². The minimum Gasteiger partial charge on any atom is -0.357 e. The molecule has 5 heteroatoms. The minimum atomic E-state index is 0.501. The first-order valence-electron chi connectivity index (χ1n) is 7.11. The van der Waals surface area contributed by atoms with Gasteiger partial charge in [0.25, 0.3) is 0 Å². The Morgan fingerprint density at radius 1 is 1.06 bits per heavy atom. The van der Waals surface area contributed by atoms with Crippen LogP contribution < -0.4 is 11.1 Å².